The first-order valence-corrected chi connectivity index (χ1v) is 13.1. The maximum Gasteiger partial charge on any atom is 0.416 e. The van der Waals surface area contributed by atoms with Crippen molar-refractivity contribution in [3.05, 3.63) is 82.4 Å². The Hall–Kier alpha value is -4.00. The Balaban J connectivity index is 1.84. The zero-order valence-corrected chi connectivity index (χ0v) is 23.5. The molecule has 0 aliphatic carbocycles. The van der Waals surface area contributed by atoms with Crippen LogP contribution < -0.4 is 10.2 Å². The summed E-state index contributed by atoms with van der Waals surface area (Å²) in [6, 6.07) is 6.51. The van der Waals surface area contributed by atoms with Gasteiger partial charge in [0, 0.05) is 30.8 Å². The van der Waals surface area contributed by atoms with Gasteiger partial charge < -0.3 is 15.3 Å². The third-order valence-electron chi connectivity index (χ3n) is 7.79. The maximum absolute atomic E-state index is 14.0. The molecule has 1 aromatic heterocycles. The van der Waals surface area contributed by atoms with E-state index in [1.807, 2.05) is 0 Å². The lowest BCUT2D eigenvalue weighted by molar-refractivity contribution is -0.143. The van der Waals surface area contributed by atoms with Gasteiger partial charge in [-0.1, -0.05) is 6.07 Å². The molecule has 2 aromatic carbocycles. The second-order valence-electron chi connectivity index (χ2n) is 11.0. The first kappa shape index (κ1) is 31.9. The number of anilines is 1. The minimum absolute atomic E-state index is 0.00585. The molecule has 2 heterocycles. The summed E-state index contributed by atoms with van der Waals surface area (Å²) in [7, 11) is 1.30. The van der Waals surface area contributed by atoms with Gasteiger partial charge in [-0.15, -0.1) is 0 Å². The van der Waals surface area contributed by atoms with Gasteiger partial charge in [0.2, 0.25) is 11.8 Å². The lowest BCUT2D eigenvalue weighted by atomic mass is 9.81. The molecular formula is C30H28F7N3O3. The minimum atomic E-state index is -5.10. The van der Waals surface area contributed by atoms with Crippen LogP contribution in [0.3, 0.4) is 0 Å². The lowest BCUT2D eigenvalue weighted by Crippen LogP contribution is -2.42. The molecular weight excluding hydrogens is 583 g/mol. The molecule has 2 atom stereocenters. The van der Waals surface area contributed by atoms with Crippen molar-refractivity contribution in [2.24, 2.45) is 5.92 Å². The molecule has 0 bridgehead atoms. The van der Waals surface area contributed by atoms with Crippen LogP contribution in [0.25, 0.3) is 11.1 Å². The summed E-state index contributed by atoms with van der Waals surface area (Å²) in [6.07, 6.45) is -8.90. The van der Waals surface area contributed by atoms with E-state index in [0.29, 0.717) is 34.5 Å². The minimum Gasteiger partial charge on any atom is -0.396 e. The van der Waals surface area contributed by atoms with Crippen molar-refractivity contribution < 1.29 is 45.4 Å². The number of aliphatic hydroxyl groups excluding tert-OH is 1. The van der Waals surface area contributed by atoms with E-state index in [2.05, 4.69) is 10.3 Å². The molecule has 43 heavy (non-hydrogen) atoms. The predicted molar refractivity (Wildman–Crippen MR) is 144 cm³/mol. The monoisotopic (exact) mass is 611 g/mol. The van der Waals surface area contributed by atoms with Gasteiger partial charge in [-0.25, -0.2) is 4.39 Å². The standard InChI is InChI=1S/C30H28F7N3O3/c1-15-7-19(31)5-6-20(15)21-11-24(22-12-39-26(42)23(22)14-41)38-13-25(21)40(4)27(43)28(2,3)16-8-17(29(32,33)34)10-18(9-16)30(35,36)37/h5-11,13,22-23,41H,12,14H2,1-4H3,(H,39,42)/t22-,23+/m1/s1. The van der Waals surface area contributed by atoms with E-state index in [0.717, 1.165) is 4.90 Å². The summed E-state index contributed by atoms with van der Waals surface area (Å²) in [5.41, 5.74) is -3.68. The van der Waals surface area contributed by atoms with E-state index in [9.17, 15) is 45.4 Å². The van der Waals surface area contributed by atoms with Gasteiger partial charge in [0.1, 0.15) is 5.82 Å². The van der Waals surface area contributed by atoms with E-state index in [1.54, 1.807) is 13.0 Å². The highest BCUT2D eigenvalue weighted by molar-refractivity contribution is 6.03. The van der Waals surface area contributed by atoms with Crippen LogP contribution in [0.1, 0.15) is 47.7 Å². The number of carbonyl (C=O) groups is 2. The third-order valence-corrected chi connectivity index (χ3v) is 7.79. The Labute approximate surface area is 242 Å². The molecule has 2 amide bonds. The lowest BCUT2D eigenvalue weighted by Gasteiger charge is -2.32. The summed E-state index contributed by atoms with van der Waals surface area (Å²) in [6.45, 7) is 3.78. The molecule has 6 nitrogen and oxygen atoms in total. The molecule has 1 saturated heterocycles. The molecule has 0 saturated carbocycles. The second kappa shape index (κ2) is 11.3. The number of halogens is 7. The fourth-order valence-corrected chi connectivity index (χ4v) is 5.23. The number of benzene rings is 2. The van der Waals surface area contributed by atoms with Crippen LogP contribution >= 0.6 is 0 Å². The SMILES string of the molecule is Cc1cc(F)ccc1-c1cc([C@@H]2CNC(=O)[C@H]2CO)ncc1N(C)C(=O)C(C)(C)c1cc(C(F)(F)F)cc(C(F)(F)F)c1. The van der Waals surface area contributed by atoms with Crippen LogP contribution in [-0.4, -0.2) is 42.1 Å². The number of aromatic nitrogens is 1. The summed E-state index contributed by atoms with van der Waals surface area (Å²) in [5.74, 6) is -3.07. The topological polar surface area (TPSA) is 82.5 Å². The molecule has 1 fully saturated rings. The van der Waals surface area contributed by atoms with Gasteiger partial charge in [-0.05, 0) is 73.9 Å². The highest BCUT2D eigenvalue weighted by atomic mass is 19.4. The van der Waals surface area contributed by atoms with E-state index in [-0.39, 0.29) is 24.2 Å². The Morgan fingerprint density at radius 3 is 2.09 bits per heavy atom. The second-order valence-corrected chi connectivity index (χ2v) is 11.0. The molecule has 3 aromatic rings. The number of nitrogens with zero attached hydrogens (tertiary/aromatic N) is 2. The van der Waals surface area contributed by atoms with Crippen LogP contribution in [0, 0.1) is 18.7 Å². The number of hydrogen-bond acceptors (Lipinski definition) is 4. The molecule has 1 aliphatic rings. The first-order valence-electron chi connectivity index (χ1n) is 13.1. The number of nitrogens with one attached hydrogen (secondary N) is 1. The molecule has 4 rings (SSSR count). The van der Waals surface area contributed by atoms with Crippen molar-refractivity contribution in [3.8, 4) is 11.1 Å². The number of carbonyl (C=O) groups excluding carboxylic acids is 2. The molecule has 0 radical (unpaired) electrons. The van der Waals surface area contributed by atoms with Crippen LogP contribution in [0.15, 0.2) is 48.7 Å². The van der Waals surface area contributed by atoms with Crippen molar-refractivity contribution in [1.29, 1.82) is 0 Å². The molecule has 0 spiro atoms. The van der Waals surface area contributed by atoms with Gasteiger partial charge in [-0.2, -0.15) is 26.3 Å². The molecule has 0 unspecified atom stereocenters. The normalized spacial score (nSPS) is 17.6. The smallest absolute Gasteiger partial charge is 0.396 e. The number of rotatable bonds is 6. The van der Waals surface area contributed by atoms with Crippen molar-refractivity contribution in [1.82, 2.24) is 10.3 Å². The van der Waals surface area contributed by atoms with E-state index in [4.69, 9.17) is 0 Å². The van der Waals surface area contributed by atoms with Crippen LogP contribution in [0.5, 0.6) is 0 Å². The number of aryl methyl sites for hydroxylation is 1. The molecule has 230 valence electrons. The highest BCUT2D eigenvalue weighted by Crippen LogP contribution is 2.41. The van der Waals surface area contributed by atoms with Crippen LogP contribution in [0.4, 0.5) is 36.4 Å². The van der Waals surface area contributed by atoms with Crippen LogP contribution in [-0.2, 0) is 27.4 Å². The first-order chi connectivity index (χ1) is 19.9. The van der Waals surface area contributed by atoms with E-state index >= 15 is 0 Å². The molecule has 2 N–H and O–H groups in total. The van der Waals surface area contributed by atoms with Crippen molar-refractivity contribution in [2.75, 3.05) is 25.1 Å². The van der Waals surface area contributed by atoms with Gasteiger partial charge >= 0.3 is 12.4 Å². The van der Waals surface area contributed by atoms with Crippen molar-refractivity contribution in [3.63, 3.8) is 0 Å². The molecule has 1 aliphatic heterocycles. The third kappa shape index (κ3) is 6.22. The summed E-state index contributed by atoms with van der Waals surface area (Å²) >= 11 is 0. The fourth-order valence-electron chi connectivity index (χ4n) is 5.23. The number of hydrogen-bond donors (Lipinski definition) is 2. The highest BCUT2D eigenvalue weighted by Gasteiger charge is 2.42. The summed E-state index contributed by atoms with van der Waals surface area (Å²) < 4.78 is 95.3. The number of pyridine rings is 1. The summed E-state index contributed by atoms with van der Waals surface area (Å²) in [5, 5.41) is 12.4. The average Bonchev–Trinajstić information content (AvgIpc) is 3.31. The predicted octanol–water partition coefficient (Wildman–Crippen LogP) is 6.00. The van der Waals surface area contributed by atoms with Crippen molar-refractivity contribution in [2.45, 2.75) is 44.5 Å². The van der Waals surface area contributed by atoms with E-state index < -0.39 is 64.6 Å². The van der Waals surface area contributed by atoms with E-state index in [1.165, 1.54) is 45.3 Å². The number of aliphatic hydroxyl groups is 1. The Kier molecular flexibility index (Phi) is 8.35. The molecule has 13 heteroatoms. The van der Waals surface area contributed by atoms with Gasteiger partial charge in [0.05, 0.1) is 41.0 Å². The summed E-state index contributed by atoms with van der Waals surface area (Å²) in [4.78, 5) is 31.5. The fraction of sp³-hybridized carbons (Fsp3) is 0.367. The number of alkyl halides is 6. The van der Waals surface area contributed by atoms with Gasteiger partial charge in [-0.3, -0.25) is 14.6 Å². The number of likely N-dealkylation sites (N-methyl/N-ethyl adjacent to an activating group) is 1. The van der Waals surface area contributed by atoms with Gasteiger partial charge in [0.25, 0.3) is 0 Å². The average molecular weight is 612 g/mol. The van der Waals surface area contributed by atoms with Crippen molar-refractivity contribution >= 4 is 17.5 Å². The Bertz CT molecular complexity index is 1540. The number of amides is 2. The zero-order chi connectivity index (χ0) is 32.1. The zero-order valence-electron chi connectivity index (χ0n) is 23.5. The Morgan fingerprint density at radius 1 is 0.977 bits per heavy atom. The van der Waals surface area contributed by atoms with Gasteiger partial charge in [0.15, 0.2) is 0 Å². The maximum atomic E-state index is 14.0. The quantitative estimate of drug-likeness (QED) is 0.336. The Morgan fingerprint density at radius 2 is 1.56 bits per heavy atom. The largest absolute Gasteiger partial charge is 0.416 e. The van der Waals surface area contributed by atoms with Crippen LogP contribution in [0.2, 0.25) is 0 Å².